The predicted molar refractivity (Wildman–Crippen MR) is 111 cm³/mol. The van der Waals surface area contributed by atoms with E-state index in [1.54, 1.807) is 34.9 Å². The largest absolute Gasteiger partial charge is 0.456 e. The van der Waals surface area contributed by atoms with Crippen molar-refractivity contribution in [2.45, 2.75) is 6.54 Å². The summed E-state index contributed by atoms with van der Waals surface area (Å²) in [5.41, 5.74) is 1.02. The van der Waals surface area contributed by atoms with Crippen LogP contribution in [-0.4, -0.2) is 33.8 Å². The average Bonchev–Trinajstić information content (AvgIpc) is 3.32. The third kappa shape index (κ3) is 4.03. The summed E-state index contributed by atoms with van der Waals surface area (Å²) in [7, 11) is 0. The number of nitrogens with zero attached hydrogens (tertiary/aromatic N) is 2. The molecule has 4 rings (SSSR count). The second-order valence-corrected chi connectivity index (χ2v) is 7.22. The number of ketones is 1. The maximum Gasteiger partial charge on any atom is 0.333 e. The zero-order valence-corrected chi connectivity index (χ0v) is 16.6. The van der Waals surface area contributed by atoms with Gasteiger partial charge in [0.05, 0.1) is 27.1 Å². The summed E-state index contributed by atoms with van der Waals surface area (Å²) < 4.78 is 6.35. The summed E-state index contributed by atoms with van der Waals surface area (Å²) in [6.07, 6.45) is 2.48. The molecular formula is C21H14ClN3O6. The van der Waals surface area contributed by atoms with E-state index in [0.717, 1.165) is 11.6 Å². The zero-order chi connectivity index (χ0) is 22.1. The number of Topliss-reactive ketones (excluding diaryl/α,β-unsaturated/α-hetero) is 1. The maximum absolute atomic E-state index is 12.9. The van der Waals surface area contributed by atoms with Crippen molar-refractivity contribution in [3.63, 3.8) is 0 Å². The molecule has 1 aliphatic heterocycles. The summed E-state index contributed by atoms with van der Waals surface area (Å²) in [6, 6.07) is 11.4. The molecule has 0 bridgehead atoms. The molecule has 31 heavy (non-hydrogen) atoms. The van der Waals surface area contributed by atoms with Crippen LogP contribution >= 0.6 is 11.6 Å². The molecule has 1 aromatic heterocycles. The van der Waals surface area contributed by atoms with Crippen molar-refractivity contribution in [1.29, 1.82) is 0 Å². The van der Waals surface area contributed by atoms with Gasteiger partial charge in [0.15, 0.2) is 0 Å². The molecule has 0 fully saturated rings. The molecule has 2 aromatic carbocycles. The van der Waals surface area contributed by atoms with Crippen LogP contribution in [0.25, 0.3) is 10.9 Å². The smallest absolute Gasteiger partial charge is 0.333 e. The summed E-state index contributed by atoms with van der Waals surface area (Å²) in [5, 5.41) is 14.5. The number of nitro groups is 1. The number of aromatic nitrogens is 1. The van der Waals surface area contributed by atoms with Gasteiger partial charge >= 0.3 is 5.97 Å². The van der Waals surface area contributed by atoms with Gasteiger partial charge in [-0.15, -0.1) is 0 Å². The topological polar surface area (TPSA) is 121 Å². The van der Waals surface area contributed by atoms with E-state index in [0.29, 0.717) is 17.1 Å². The monoisotopic (exact) mass is 439 g/mol. The van der Waals surface area contributed by atoms with E-state index in [1.165, 1.54) is 18.3 Å². The highest BCUT2D eigenvalue weighted by Gasteiger charge is 2.28. The summed E-state index contributed by atoms with van der Waals surface area (Å²) in [6.45, 7) is 0.146. The molecule has 156 valence electrons. The quantitative estimate of drug-likeness (QED) is 0.207. The molecular weight excluding hydrogens is 426 g/mol. The van der Waals surface area contributed by atoms with E-state index < -0.39 is 22.6 Å². The molecule has 0 aliphatic carbocycles. The molecule has 1 aliphatic rings. The Kier molecular flexibility index (Phi) is 5.26. The normalized spacial score (nSPS) is 13.1. The Morgan fingerprint density at radius 3 is 2.58 bits per heavy atom. The van der Waals surface area contributed by atoms with E-state index in [-0.39, 0.29) is 28.9 Å². The molecule has 0 atom stereocenters. The van der Waals surface area contributed by atoms with E-state index in [4.69, 9.17) is 16.3 Å². The van der Waals surface area contributed by atoms with E-state index in [1.807, 2.05) is 0 Å². The van der Waals surface area contributed by atoms with Crippen LogP contribution < -0.4 is 5.32 Å². The maximum atomic E-state index is 12.9. The molecule has 1 N–H and O–H groups in total. The Morgan fingerprint density at radius 2 is 1.94 bits per heavy atom. The molecule has 9 nitrogen and oxygen atoms in total. The van der Waals surface area contributed by atoms with Gasteiger partial charge in [0, 0.05) is 29.9 Å². The number of nitrogens with one attached hydrogen (secondary N) is 1. The van der Waals surface area contributed by atoms with E-state index in [9.17, 15) is 24.5 Å². The number of carbonyl (C=O) groups is 3. The third-order valence-electron chi connectivity index (χ3n) is 4.73. The first-order valence-corrected chi connectivity index (χ1v) is 9.45. The molecule has 0 unspecified atom stereocenters. The van der Waals surface area contributed by atoms with Crippen LogP contribution in [0.1, 0.15) is 15.9 Å². The lowest BCUT2D eigenvalue weighted by Gasteiger charge is -2.05. The predicted octanol–water partition coefficient (Wildman–Crippen LogP) is 2.99. The van der Waals surface area contributed by atoms with Crippen LogP contribution in [0.15, 0.2) is 60.4 Å². The SMILES string of the molecule is O=C1C=C(NC(=O)C(=O)c2cn(Cc3ccc(Cl)cc3)c3cccc([N+](=O)[O-])c23)CO1. The number of halogens is 1. The Balaban J connectivity index is 1.76. The number of fused-ring (bicyclic) bond motifs is 1. The fourth-order valence-electron chi connectivity index (χ4n) is 3.35. The number of benzene rings is 2. The van der Waals surface area contributed by atoms with Crippen molar-refractivity contribution < 1.29 is 24.0 Å². The number of esters is 1. The van der Waals surface area contributed by atoms with Gasteiger partial charge in [0.2, 0.25) is 0 Å². The number of nitro benzene ring substituents is 1. The van der Waals surface area contributed by atoms with Gasteiger partial charge in [-0.25, -0.2) is 4.79 Å². The second kappa shape index (κ2) is 8.04. The molecule has 10 heteroatoms. The van der Waals surface area contributed by atoms with Crippen molar-refractivity contribution in [1.82, 2.24) is 9.88 Å². The van der Waals surface area contributed by atoms with Crippen LogP contribution in [0, 0.1) is 10.1 Å². The first-order chi connectivity index (χ1) is 14.8. The van der Waals surface area contributed by atoms with E-state index in [2.05, 4.69) is 5.32 Å². The van der Waals surface area contributed by atoms with Gasteiger partial charge in [0.25, 0.3) is 17.4 Å². The number of cyclic esters (lactones) is 1. The number of hydrogen-bond donors (Lipinski definition) is 1. The highest BCUT2D eigenvalue weighted by Crippen LogP contribution is 2.31. The molecule has 2 heterocycles. The molecule has 0 radical (unpaired) electrons. The number of ether oxygens (including phenoxy) is 1. The standard InChI is InChI=1S/C21H14ClN3O6/c22-13-6-4-12(5-7-13)9-24-10-15(19-16(24)2-1-3-17(19)25(29)30)20(27)21(28)23-14-8-18(26)31-11-14/h1-8,10H,9,11H2,(H,23,28). The van der Waals surface area contributed by atoms with Crippen LogP contribution in [-0.2, 0) is 20.9 Å². The molecule has 1 amide bonds. The first-order valence-electron chi connectivity index (χ1n) is 9.07. The minimum absolute atomic E-state index is 0.0642. The molecule has 0 saturated carbocycles. The van der Waals surface area contributed by atoms with Crippen molar-refractivity contribution in [2.24, 2.45) is 0 Å². The Labute approximate surface area is 180 Å². The highest BCUT2D eigenvalue weighted by molar-refractivity contribution is 6.45. The Morgan fingerprint density at radius 1 is 1.19 bits per heavy atom. The molecule has 0 saturated heterocycles. The van der Waals surface area contributed by atoms with Crippen LogP contribution in [0.2, 0.25) is 5.02 Å². The second-order valence-electron chi connectivity index (χ2n) is 6.79. The van der Waals surface area contributed by atoms with Gasteiger partial charge in [-0.2, -0.15) is 0 Å². The van der Waals surface area contributed by atoms with Crippen molar-refractivity contribution in [3.8, 4) is 0 Å². The van der Waals surface area contributed by atoms with Gasteiger partial charge in [-0.1, -0.05) is 29.8 Å². The Bertz CT molecular complexity index is 1280. The third-order valence-corrected chi connectivity index (χ3v) is 4.99. The first kappa shape index (κ1) is 20.3. The lowest BCUT2D eigenvalue weighted by atomic mass is 10.1. The minimum atomic E-state index is -1.02. The van der Waals surface area contributed by atoms with Crippen LogP contribution in [0.4, 0.5) is 5.69 Å². The summed E-state index contributed by atoms with van der Waals surface area (Å²) in [5.74, 6) is -2.61. The van der Waals surface area contributed by atoms with Crippen LogP contribution in [0.3, 0.4) is 0 Å². The fraction of sp³-hybridized carbons (Fsp3) is 0.0952. The number of amides is 1. The van der Waals surface area contributed by atoms with Crippen LogP contribution in [0.5, 0.6) is 0 Å². The van der Waals surface area contributed by atoms with Gasteiger partial charge in [-0.3, -0.25) is 19.7 Å². The fourth-order valence-corrected chi connectivity index (χ4v) is 3.47. The van der Waals surface area contributed by atoms with Crippen molar-refractivity contribution >= 4 is 45.9 Å². The molecule has 0 spiro atoms. The van der Waals surface area contributed by atoms with Gasteiger partial charge < -0.3 is 14.6 Å². The zero-order valence-electron chi connectivity index (χ0n) is 15.8. The van der Waals surface area contributed by atoms with Crippen molar-refractivity contribution in [2.75, 3.05) is 6.61 Å². The highest BCUT2D eigenvalue weighted by atomic mass is 35.5. The summed E-state index contributed by atoms with van der Waals surface area (Å²) in [4.78, 5) is 47.5. The van der Waals surface area contributed by atoms with Crippen molar-refractivity contribution in [3.05, 3.63) is 86.7 Å². The van der Waals surface area contributed by atoms with Gasteiger partial charge in [0.1, 0.15) is 6.61 Å². The average molecular weight is 440 g/mol. The van der Waals surface area contributed by atoms with Gasteiger partial charge in [-0.05, 0) is 23.8 Å². The number of rotatable bonds is 6. The lowest BCUT2D eigenvalue weighted by Crippen LogP contribution is -2.31. The number of carbonyl (C=O) groups excluding carboxylic acids is 3. The van der Waals surface area contributed by atoms with E-state index >= 15 is 0 Å². The Hall–Kier alpha value is -3.98. The number of non-ortho nitro benzene ring substituents is 1. The molecule has 3 aromatic rings. The number of hydrogen-bond acceptors (Lipinski definition) is 6. The lowest BCUT2D eigenvalue weighted by molar-refractivity contribution is -0.383. The summed E-state index contributed by atoms with van der Waals surface area (Å²) >= 11 is 5.92. The minimum Gasteiger partial charge on any atom is -0.456 e.